The van der Waals surface area contributed by atoms with Gasteiger partial charge in [0.05, 0.1) is 10.5 Å². The molecule has 3 aromatic rings. The standard InChI is InChI=1S/C21H19FN2O3S/c1-14-7-8-17(13-15(14)2)24-28(26,27)18-11-9-16(10-12-18)23-21(25)19-5-3-4-6-20(19)22/h3-13,24H,1-2H3,(H,23,25). The molecule has 0 atom stereocenters. The second-order valence-electron chi connectivity index (χ2n) is 6.36. The molecule has 0 saturated carbocycles. The van der Waals surface area contributed by atoms with Gasteiger partial charge in [0.1, 0.15) is 5.82 Å². The third-order valence-electron chi connectivity index (χ3n) is 4.30. The van der Waals surface area contributed by atoms with E-state index in [1.807, 2.05) is 19.9 Å². The number of anilines is 2. The summed E-state index contributed by atoms with van der Waals surface area (Å²) in [5, 5.41) is 2.55. The van der Waals surface area contributed by atoms with Crippen LogP contribution in [0.5, 0.6) is 0 Å². The first-order valence-electron chi connectivity index (χ1n) is 8.52. The van der Waals surface area contributed by atoms with Gasteiger partial charge in [-0.15, -0.1) is 0 Å². The highest BCUT2D eigenvalue weighted by Gasteiger charge is 2.15. The summed E-state index contributed by atoms with van der Waals surface area (Å²) in [5.41, 5.74) is 2.79. The Morgan fingerprint density at radius 3 is 2.14 bits per heavy atom. The predicted molar refractivity (Wildman–Crippen MR) is 108 cm³/mol. The Kier molecular flexibility index (Phi) is 5.46. The van der Waals surface area contributed by atoms with Crippen molar-refractivity contribution in [3.05, 3.63) is 89.2 Å². The number of nitrogens with one attached hydrogen (secondary N) is 2. The second kappa shape index (κ2) is 7.82. The molecule has 0 heterocycles. The summed E-state index contributed by atoms with van der Waals surface area (Å²) in [4.78, 5) is 12.2. The van der Waals surface area contributed by atoms with Crippen LogP contribution in [-0.4, -0.2) is 14.3 Å². The zero-order valence-corrected chi connectivity index (χ0v) is 16.2. The van der Waals surface area contributed by atoms with E-state index in [4.69, 9.17) is 0 Å². The average molecular weight is 398 g/mol. The molecule has 1 amide bonds. The third-order valence-corrected chi connectivity index (χ3v) is 5.70. The Morgan fingerprint density at radius 1 is 0.857 bits per heavy atom. The van der Waals surface area contributed by atoms with Gasteiger partial charge in [-0.25, -0.2) is 12.8 Å². The zero-order valence-electron chi connectivity index (χ0n) is 15.4. The SMILES string of the molecule is Cc1ccc(NS(=O)(=O)c2ccc(NC(=O)c3ccccc3F)cc2)cc1C. The molecule has 0 aliphatic rings. The lowest BCUT2D eigenvalue weighted by molar-refractivity contribution is 0.102. The topological polar surface area (TPSA) is 75.3 Å². The molecule has 0 fully saturated rings. The quantitative estimate of drug-likeness (QED) is 0.665. The van der Waals surface area contributed by atoms with Gasteiger partial charge in [-0.2, -0.15) is 0 Å². The molecular weight excluding hydrogens is 379 g/mol. The number of hydrogen-bond acceptors (Lipinski definition) is 3. The molecule has 5 nitrogen and oxygen atoms in total. The van der Waals surface area contributed by atoms with Gasteiger partial charge in [0, 0.05) is 11.4 Å². The molecule has 0 unspecified atom stereocenters. The molecule has 144 valence electrons. The maximum atomic E-state index is 13.7. The highest BCUT2D eigenvalue weighted by molar-refractivity contribution is 7.92. The Hall–Kier alpha value is -3.19. The predicted octanol–water partition coefficient (Wildman–Crippen LogP) is 4.50. The van der Waals surface area contributed by atoms with Crippen molar-refractivity contribution in [3.8, 4) is 0 Å². The molecule has 0 aromatic heterocycles. The highest BCUT2D eigenvalue weighted by Crippen LogP contribution is 2.21. The van der Waals surface area contributed by atoms with Gasteiger partial charge in [-0.05, 0) is 73.5 Å². The van der Waals surface area contributed by atoms with Crippen molar-refractivity contribution in [2.75, 3.05) is 10.0 Å². The minimum absolute atomic E-state index is 0.0506. The van der Waals surface area contributed by atoms with E-state index in [1.165, 1.54) is 42.5 Å². The van der Waals surface area contributed by atoms with E-state index >= 15 is 0 Å². The van der Waals surface area contributed by atoms with E-state index in [2.05, 4.69) is 10.0 Å². The van der Waals surface area contributed by atoms with Gasteiger partial charge < -0.3 is 5.32 Å². The Labute approximate surface area is 163 Å². The molecule has 0 aliphatic carbocycles. The van der Waals surface area contributed by atoms with Crippen LogP contribution < -0.4 is 10.0 Å². The van der Waals surface area contributed by atoms with E-state index < -0.39 is 21.7 Å². The summed E-state index contributed by atoms with van der Waals surface area (Å²) < 4.78 is 41.3. The van der Waals surface area contributed by atoms with Crippen LogP contribution in [0.2, 0.25) is 0 Å². The van der Waals surface area contributed by atoms with Crippen molar-refractivity contribution in [1.82, 2.24) is 0 Å². The van der Waals surface area contributed by atoms with Crippen molar-refractivity contribution in [3.63, 3.8) is 0 Å². The maximum absolute atomic E-state index is 13.7. The number of aryl methyl sites for hydroxylation is 2. The number of halogens is 1. The van der Waals surface area contributed by atoms with E-state index in [-0.39, 0.29) is 10.5 Å². The first-order chi connectivity index (χ1) is 13.3. The Balaban J connectivity index is 1.75. The lowest BCUT2D eigenvalue weighted by atomic mass is 10.1. The number of carbonyl (C=O) groups is 1. The maximum Gasteiger partial charge on any atom is 0.261 e. The van der Waals surface area contributed by atoms with Crippen molar-refractivity contribution in [2.45, 2.75) is 18.7 Å². The van der Waals surface area contributed by atoms with Gasteiger partial charge in [-0.1, -0.05) is 18.2 Å². The molecule has 0 aliphatic heterocycles. The lowest BCUT2D eigenvalue weighted by Gasteiger charge is -2.11. The largest absolute Gasteiger partial charge is 0.322 e. The van der Waals surface area contributed by atoms with E-state index in [0.717, 1.165) is 11.1 Å². The molecule has 0 radical (unpaired) electrons. The molecule has 0 saturated heterocycles. The van der Waals surface area contributed by atoms with E-state index in [0.29, 0.717) is 11.4 Å². The van der Waals surface area contributed by atoms with E-state index in [1.54, 1.807) is 18.2 Å². The summed E-state index contributed by atoms with van der Waals surface area (Å²) in [6.45, 7) is 3.85. The van der Waals surface area contributed by atoms with Crippen molar-refractivity contribution in [1.29, 1.82) is 0 Å². The molecular formula is C21H19FN2O3S. The molecule has 7 heteroatoms. The lowest BCUT2D eigenvalue weighted by Crippen LogP contribution is -2.15. The fourth-order valence-electron chi connectivity index (χ4n) is 2.58. The summed E-state index contributed by atoms with van der Waals surface area (Å²) in [6, 6.07) is 16.6. The van der Waals surface area contributed by atoms with Crippen LogP contribution in [0.4, 0.5) is 15.8 Å². The molecule has 0 bridgehead atoms. The van der Waals surface area contributed by atoms with Gasteiger partial charge in [0.25, 0.3) is 15.9 Å². The summed E-state index contributed by atoms with van der Waals surface area (Å²) in [5.74, 6) is -1.24. The smallest absolute Gasteiger partial charge is 0.261 e. The molecule has 3 aromatic carbocycles. The number of amides is 1. The van der Waals surface area contributed by atoms with E-state index in [9.17, 15) is 17.6 Å². The average Bonchev–Trinajstić information content (AvgIpc) is 2.65. The van der Waals surface area contributed by atoms with Gasteiger partial charge in [-0.3, -0.25) is 9.52 Å². The fraction of sp³-hybridized carbons (Fsp3) is 0.0952. The molecule has 2 N–H and O–H groups in total. The van der Waals surface area contributed by atoms with Crippen LogP contribution in [0.15, 0.2) is 71.6 Å². The fourth-order valence-corrected chi connectivity index (χ4v) is 3.63. The van der Waals surface area contributed by atoms with Crippen molar-refractivity contribution >= 4 is 27.3 Å². The summed E-state index contributed by atoms with van der Waals surface area (Å²) in [7, 11) is -3.77. The number of carbonyl (C=O) groups excluding carboxylic acids is 1. The van der Waals surface area contributed by atoms with Gasteiger partial charge >= 0.3 is 0 Å². The first-order valence-corrected chi connectivity index (χ1v) is 10.0. The van der Waals surface area contributed by atoms with Crippen LogP contribution in [0, 0.1) is 19.7 Å². The van der Waals surface area contributed by atoms with Crippen LogP contribution in [0.1, 0.15) is 21.5 Å². The number of sulfonamides is 1. The minimum atomic E-state index is -3.77. The highest BCUT2D eigenvalue weighted by atomic mass is 32.2. The van der Waals surface area contributed by atoms with Gasteiger partial charge in [0.2, 0.25) is 0 Å². The number of rotatable bonds is 5. The Bertz CT molecular complexity index is 1130. The minimum Gasteiger partial charge on any atom is -0.322 e. The normalized spacial score (nSPS) is 11.1. The monoisotopic (exact) mass is 398 g/mol. The van der Waals surface area contributed by atoms with Crippen LogP contribution >= 0.6 is 0 Å². The molecule has 28 heavy (non-hydrogen) atoms. The number of hydrogen-bond donors (Lipinski definition) is 2. The first kappa shape index (κ1) is 19.6. The number of benzene rings is 3. The van der Waals surface area contributed by atoms with Crippen LogP contribution in [-0.2, 0) is 10.0 Å². The van der Waals surface area contributed by atoms with Gasteiger partial charge in [0.15, 0.2) is 0 Å². The molecule has 3 rings (SSSR count). The Morgan fingerprint density at radius 2 is 1.50 bits per heavy atom. The zero-order chi connectivity index (χ0) is 20.3. The summed E-state index contributed by atoms with van der Waals surface area (Å²) in [6.07, 6.45) is 0. The van der Waals surface area contributed by atoms with Crippen molar-refractivity contribution < 1.29 is 17.6 Å². The second-order valence-corrected chi connectivity index (χ2v) is 8.05. The molecule has 0 spiro atoms. The van der Waals surface area contributed by atoms with Crippen LogP contribution in [0.3, 0.4) is 0 Å². The third kappa shape index (κ3) is 4.37. The van der Waals surface area contributed by atoms with Crippen LogP contribution in [0.25, 0.3) is 0 Å². The van der Waals surface area contributed by atoms with Crippen molar-refractivity contribution in [2.24, 2.45) is 0 Å². The summed E-state index contributed by atoms with van der Waals surface area (Å²) >= 11 is 0.